The largest absolute Gasteiger partial charge is 0.497 e. The Morgan fingerprint density at radius 1 is 1.12 bits per heavy atom. The molecule has 0 aliphatic heterocycles. The molecule has 140 valence electrons. The fraction of sp³-hybridized carbons (Fsp3) is 0.316. The van der Waals surface area contributed by atoms with Crippen molar-refractivity contribution in [1.82, 2.24) is 0 Å². The number of hydrogen-bond acceptors (Lipinski definition) is 4. The van der Waals surface area contributed by atoms with Crippen molar-refractivity contribution in [2.75, 3.05) is 29.5 Å². The van der Waals surface area contributed by atoms with Crippen LogP contribution in [0.5, 0.6) is 5.75 Å². The van der Waals surface area contributed by atoms with E-state index in [1.807, 2.05) is 26.0 Å². The van der Waals surface area contributed by atoms with E-state index in [1.54, 1.807) is 37.4 Å². The van der Waals surface area contributed by atoms with Crippen molar-refractivity contribution in [2.24, 2.45) is 0 Å². The van der Waals surface area contributed by atoms with Crippen molar-refractivity contribution in [3.8, 4) is 5.75 Å². The minimum Gasteiger partial charge on any atom is -0.497 e. The summed E-state index contributed by atoms with van der Waals surface area (Å²) in [5.41, 5.74) is 3.13. The Balaban J connectivity index is 2.08. The number of benzene rings is 2. The van der Waals surface area contributed by atoms with Crippen LogP contribution < -0.4 is 14.4 Å². The van der Waals surface area contributed by atoms with Crippen molar-refractivity contribution in [3.63, 3.8) is 0 Å². The smallest absolute Gasteiger partial charge is 0.232 e. The average molecular weight is 376 g/mol. The van der Waals surface area contributed by atoms with Gasteiger partial charge in [0.25, 0.3) is 0 Å². The molecule has 0 unspecified atom stereocenters. The maximum absolute atomic E-state index is 12.2. The first kappa shape index (κ1) is 19.8. The number of hydrogen-bond donors (Lipinski definition) is 1. The van der Waals surface area contributed by atoms with Crippen LogP contribution in [-0.2, 0) is 14.8 Å². The standard InChI is InChI=1S/C19H24N2O4S/c1-14-5-10-18(15(2)13-14)21(26(4,23)24)12-11-19(22)20-16-6-8-17(25-3)9-7-16/h5-10,13H,11-12H2,1-4H3,(H,20,22). The molecule has 0 spiro atoms. The van der Waals surface area contributed by atoms with Gasteiger partial charge in [0, 0.05) is 18.7 Å². The Hall–Kier alpha value is -2.54. The zero-order valence-corrected chi connectivity index (χ0v) is 16.3. The normalized spacial score (nSPS) is 11.1. The first-order valence-corrected chi connectivity index (χ1v) is 10.0. The second kappa shape index (κ2) is 8.23. The summed E-state index contributed by atoms with van der Waals surface area (Å²) in [5, 5.41) is 2.76. The number of methoxy groups -OCH3 is 1. The molecule has 0 aliphatic rings. The van der Waals surface area contributed by atoms with E-state index in [1.165, 1.54) is 4.31 Å². The van der Waals surface area contributed by atoms with Crippen LogP contribution in [0, 0.1) is 13.8 Å². The number of nitrogens with one attached hydrogen (secondary N) is 1. The Morgan fingerprint density at radius 3 is 2.31 bits per heavy atom. The van der Waals surface area contributed by atoms with Crippen LogP contribution >= 0.6 is 0 Å². The highest BCUT2D eigenvalue weighted by Crippen LogP contribution is 2.24. The number of rotatable bonds is 7. The summed E-state index contributed by atoms with van der Waals surface area (Å²) >= 11 is 0. The van der Waals surface area contributed by atoms with E-state index in [9.17, 15) is 13.2 Å². The summed E-state index contributed by atoms with van der Waals surface area (Å²) in [6, 6.07) is 12.5. The highest BCUT2D eigenvalue weighted by Gasteiger charge is 2.20. The van der Waals surface area contributed by atoms with E-state index in [4.69, 9.17) is 4.74 Å². The summed E-state index contributed by atoms with van der Waals surface area (Å²) in [6.07, 6.45) is 1.19. The van der Waals surface area contributed by atoms with E-state index in [0.29, 0.717) is 17.1 Å². The van der Waals surface area contributed by atoms with E-state index < -0.39 is 10.0 Å². The van der Waals surface area contributed by atoms with Crippen LogP contribution in [0.2, 0.25) is 0 Å². The van der Waals surface area contributed by atoms with E-state index in [0.717, 1.165) is 17.4 Å². The number of carbonyl (C=O) groups is 1. The molecule has 26 heavy (non-hydrogen) atoms. The fourth-order valence-corrected chi connectivity index (χ4v) is 3.64. The van der Waals surface area contributed by atoms with Crippen molar-refractivity contribution in [2.45, 2.75) is 20.3 Å². The second-order valence-electron chi connectivity index (χ2n) is 6.15. The van der Waals surface area contributed by atoms with Gasteiger partial charge in [0.05, 0.1) is 19.1 Å². The lowest BCUT2D eigenvalue weighted by atomic mass is 10.1. The Morgan fingerprint density at radius 2 is 1.77 bits per heavy atom. The van der Waals surface area contributed by atoms with Crippen molar-refractivity contribution in [3.05, 3.63) is 53.6 Å². The number of ether oxygens (including phenoxy) is 1. The van der Waals surface area contributed by atoms with E-state index in [2.05, 4.69) is 5.32 Å². The van der Waals surface area contributed by atoms with Gasteiger partial charge in [-0.05, 0) is 49.7 Å². The molecule has 0 aromatic heterocycles. The van der Waals surface area contributed by atoms with Gasteiger partial charge in [-0.15, -0.1) is 0 Å². The second-order valence-corrected chi connectivity index (χ2v) is 8.06. The molecule has 0 fully saturated rings. The lowest BCUT2D eigenvalue weighted by Gasteiger charge is -2.24. The summed E-state index contributed by atoms with van der Waals surface area (Å²) in [6.45, 7) is 3.88. The number of sulfonamides is 1. The number of amides is 1. The monoisotopic (exact) mass is 376 g/mol. The molecule has 2 aromatic carbocycles. The van der Waals surface area contributed by atoms with Gasteiger partial charge in [0.1, 0.15) is 5.75 Å². The van der Waals surface area contributed by atoms with Crippen LogP contribution in [-0.4, -0.2) is 34.2 Å². The van der Waals surface area contributed by atoms with Gasteiger partial charge in [0.15, 0.2) is 0 Å². The third-order valence-electron chi connectivity index (χ3n) is 3.94. The third kappa shape index (κ3) is 5.23. The lowest BCUT2D eigenvalue weighted by Crippen LogP contribution is -2.33. The summed E-state index contributed by atoms with van der Waals surface area (Å²) in [4.78, 5) is 12.2. The molecule has 0 bridgehead atoms. The van der Waals surface area contributed by atoms with Crippen LogP contribution in [0.15, 0.2) is 42.5 Å². The van der Waals surface area contributed by atoms with Crippen molar-refractivity contribution in [1.29, 1.82) is 0 Å². The highest BCUT2D eigenvalue weighted by atomic mass is 32.2. The molecule has 1 N–H and O–H groups in total. The predicted octanol–water partition coefficient (Wildman–Crippen LogP) is 3.11. The minimum atomic E-state index is -3.49. The van der Waals surface area contributed by atoms with Gasteiger partial charge in [-0.3, -0.25) is 9.10 Å². The zero-order chi connectivity index (χ0) is 19.3. The quantitative estimate of drug-likeness (QED) is 0.806. The van der Waals surface area contributed by atoms with Gasteiger partial charge >= 0.3 is 0 Å². The SMILES string of the molecule is COc1ccc(NC(=O)CCN(c2ccc(C)cc2C)S(C)(=O)=O)cc1. The predicted molar refractivity (Wildman–Crippen MR) is 104 cm³/mol. The number of nitrogens with zero attached hydrogens (tertiary/aromatic N) is 1. The molecular formula is C19H24N2O4S. The summed E-state index contributed by atoms with van der Waals surface area (Å²) in [7, 11) is -1.92. The van der Waals surface area contributed by atoms with Crippen molar-refractivity contribution < 1.29 is 17.9 Å². The van der Waals surface area contributed by atoms with Crippen LogP contribution in [0.4, 0.5) is 11.4 Å². The van der Waals surface area contributed by atoms with Gasteiger partial charge in [0.2, 0.25) is 15.9 Å². The first-order valence-electron chi connectivity index (χ1n) is 8.19. The summed E-state index contributed by atoms with van der Waals surface area (Å²) < 4.78 is 30.7. The third-order valence-corrected chi connectivity index (χ3v) is 5.12. The van der Waals surface area contributed by atoms with Crippen molar-refractivity contribution >= 4 is 27.3 Å². The molecule has 2 rings (SSSR count). The zero-order valence-electron chi connectivity index (χ0n) is 15.4. The minimum absolute atomic E-state index is 0.0480. The molecule has 0 aliphatic carbocycles. The Bertz CT molecular complexity index is 877. The first-order chi connectivity index (χ1) is 12.2. The molecule has 0 radical (unpaired) electrons. The molecule has 0 heterocycles. The maximum Gasteiger partial charge on any atom is 0.232 e. The molecule has 0 saturated heterocycles. The Kier molecular flexibility index (Phi) is 6.26. The molecule has 6 nitrogen and oxygen atoms in total. The van der Waals surface area contributed by atoms with E-state index >= 15 is 0 Å². The van der Waals surface area contributed by atoms with Gasteiger partial charge < -0.3 is 10.1 Å². The number of carbonyl (C=O) groups excluding carboxylic acids is 1. The Labute approximate surface area is 154 Å². The van der Waals surface area contributed by atoms with Crippen LogP contribution in [0.1, 0.15) is 17.5 Å². The molecule has 1 amide bonds. The topological polar surface area (TPSA) is 75.7 Å². The summed E-state index contributed by atoms with van der Waals surface area (Å²) in [5.74, 6) is 0.440. The van der Waals surface area contributed by atoms with Crippen LogP contribution in [0.25, 0.3) is 0 Å². The molecule has 7 heteroatoms. The molecule has 0 saturated carbocycles. The lowest BCUT2D eigenvalue weighted by molar-refractivity contribution is -0.116. The number of aryl methyl sites for hydroxylation is 2. The molecular weight excluding hydrogens is 352 g/mol. The van der Waals surface area contributed by atoms with Gasteiger partial charge in [-0.25, -0.2) is 8.42 Å². The molecule has 2 aromatic rings. The van der Waals surface area contributed by atoms with Crippen LogP contribution in [0.3, 0.4) is 0 Å². The molecule has 0 atom stereocenters. The number of anilines is 2. The average Bonchev–Trinajstić information content (AvgIpc) is 2.56. The van der Waals surface area contributed by atoms with E-state index in [-0.39, 0.29) is 18.9 Å². The maximum atomic E-state index is 12.2. The van der Waals surface area contributed by atoms with Gasteiger partial charge in [-0.1, -0.05) is 17.7 Å². The fourth-order valence-electron chi connectivity index (χ4n) is 2.65. The van der Waals surface area contributed by atoms with Gasteiger partial charge in [-0.2, -0.15) is 0 Å². The highest BCUT2D eigenvalue weighted by molar-refractivity contribution is 7.92.